The third-order valence-corrected chi connectivity index (χ3v) is 2.83. The summed E-state index contributed by atoms with van der Waals surface area (Å²) in [6, 6.07) is 0. The van der Waals surface area contributed by atoms with E-state index in [1.165, 1.54) is 5.56 Å². The molecule has 0 spiro atoms. The maximum absolute atomic E-state index is 11.3. The standard InChI is InChI=1S/C10H15N3O/c1-6(5-11)9-7-3-2-4-8(7)12-10(14)13-9/h6H,2-5,11H2,1H3,(H,12,13,14). The summed E-state index contributed by atoms with van der Waals surface area (Å²) in [5.41, 5.74) is 8.56. The summed E-state index contributed by atoms with van der Waals surface area (Å²) in [5.74, 6) is 0.184. The lowest BCUT2D eigenvalue weighted by molar-refractivity contribution is 0.719. The van der Waals surface area contributed by atoms with Crippen LogP contribution in [-0.4, -0.2) is 16.5 Å². The number of aryl methyl sites for hydroxylation is 1. The van der Waals surface area contributed by atoms with E-state index in [9.17, 15) is 4.79 Å². The number of hydrogen-bond donors (Lipinski definition) is 2. The fourth-order valence-electron chi connectivity index (χ4n) is 2.02. The molecule has 14 heavy (non-hydrogen) atoms. The number of nitrogens with one attached hydrogen (secondary N) is 1. The van der Waals surface area contributed by atoms with Crippen molar-refractivity contribution in [2.75, 3.05) is 6.54 Å². The quantitative estimate of drug-likeness (QED) is 0.710. The van der Waals surface area contributed by atoms with Crippen LogP contribution in [0.4, 0.5) is 0 Å². The average Bonchev–Trinajstić information content (AvgIpc) is 2.62. The molecule has 4 nitrogen and oxygen atoms in total. The van der Waals surface area contributed by atoms with Crippen LogP contribution < -0.4 is 11.4 Å². The van der Waals surface area contributed by atoms with Crippen LogP contribution in [0.3, 0.4) is 0 Å². The van der Waals surface area contributed by atoms with Gasteiger partial charge in [0.05, 0.1) is 5.69 Å². The van der Waals surface area contributed by atoms with Crippen molar-refractivity contribution in [3.8, 4) is 0 Å². The van der Waals surface area contributed by atoms with Gasteiger partial charge in [-0.05, 0) is 24.8 Å². The molecule has 1 aliphatic rings. The van der Waals surface area contributed by atoms with Crippen LogP contribution in [0, 0.1) is 0 Å². The van der Waals surface area contributed by atoms with E-state index in [1.807, 2.05) is 6.92 Å². The van der Waals surface area contributed by atoms with Crippen molar-refractivity contribution in [3.05, 3.63) is 27.4 Å². The number of hydrogen-bond acceptors (Lipinski definition) is 3. The fourth-order valence-corrected chi connectivity index (χ4v) is 2.02. The highest BCUT2D eigenvalue weighted by molar-refractivity contribution is 5.31. The molecule has 0 saturated heterocycles. The Labute approximate surface area is 82.6 Å². The molecule has 1 atom stereocenters. The van der Waals surface area contributed by atoms with Gasteiger partial charge in [0.15, 0.2) is 0 Å². The Morgan fingerprint density at radius 1 is 1.57 bits per heavy atom. The van der Waals surface area contributed by atoms with Gasteiger partial charge in [-0.2, -0.15) is 4.98 Å². The molecule has 4 heteroatoms. The van der Waals surface area contributed by atoms with Crippen molar-refractivity contribution in [3.63, 3.8) is 0 Å². The summed E-state index contributed by atoms with van der Waals surface area (Å²) in [5, 5.41) is 0. The zero-order valence-electron chi connectivity index (χ0n) is 8.34. The predicted molar refractivity (Wildman–Crippen MR) is 54.4 cm³/mol. The third-order valence-electron chi connectivity index (χ3n) is 2.83. The summed E-state index contributed by atoms with van der Waals surface area (Å²) >= 11 is 0. The molecule has 0 fully saturated rings. The summed E-state index contributed by atoms with van der Waals surface area (Å²) in [7, 11) is 0. The van der Waals surface area contributed by atoms with Crippen molar-refractivity contribution in [2.24, 2.45) is 5.73 Å². The van der Waals surface area contributed by atoms with Crippen LogP contribution in [0.25, 0.3) is 0 Å². The molecular weight excluding hydrogens is 178 g/mol. The minimum atomic E-state index is -0.235. The molecule has 1 heterocycles. The smallest absolute Gasteiger partial charge is 0.330 e. The zero-order valence-corrected chi connectivity index (χ0v) is 8.34. The van der Waals surface area contributed by atoms with Gasteiger partial charge in [-0.3, -0.25) is 0 Å². The van der Waals surface area contributed by atoms with E-state index in [1.54, 1.807) is 0 Å². The topological polar surface area (TPSA) is 71.8 Å². The molecule has 2 rings (SSSR count). The van der Waals surface area contributed by atoms with Gasteiger partial charge in [-0.1, -0.05) is 6.92 Å². The van der Waals surface area contributed by atoms with E-state index < -0.39 is 0 Å². The number of nitrogens with two attached hydrogens (primary N) is 1. The number of H-pyrrole nitrogens is 1. The minimum absolute atomic E-state index is 0.184. The van der Waals surface area contributed by atoms with Crippen LogP contribution in [0.1, 0.15) is 36.2 Å². The van der Waals surface area contributed by atoms with Gasteiger partial charge in [0, 0.05) is 18.2 Å². The molecule has 0 bridgehead atoms. The molecule has 0 aliphatic heterocycles. The van der Waals surface area contributed by atoms with Crippen molar-refractivity contribution in [2.45, 2.75) is 32.1 Å². The first kappa shape index (κ1) is 9.40. The van der Waals surface area contributed by atoms with E-state index in [0.29, 0.717) is 6.54 Å². The first-order valence-electron chi connectivity index (χ1n) is 5.04. The zero-order chi connectivity index (χ0) is 10.1. The fraction of sp³-hybridized carbons (Fsp3) is 0.600. The van der Waals surface area contributed by atoms with Crippen molar-refractivity contribution in [1.29, 1.82) is 0 Å². The third kappa shape index (κ3) is 1.46. The Morgan fingerprint density at radius 2 is 2.36 bits per heavy atom. The van der Waals surface area contributed by atoms with Crippen molar-refractivity contribution >= 4 is 0 Å². The van der Waals surface area contributed by atoms with E-state index >= 15 is 0 Å². The molecule has 0 saturated carbocycles. The molecule has 1 unspecified atom stereocenters. The monoisotopic (exact) mass is 193 g/mol. The highest BCUT2D eigenvalue weighted by Gasteiger charge is 2.20. The molecule has 0 aromatic carbocycles. The SMILES string of the molecule is CC(CN)c1nc(=O)[nH]c2c1CCC2. The maximum Gasteiger partial charge on any atom is 0.345 e. The van der Waals surface area contributed by atoms with Gasteiger partial charge >= 0.3 is 5.69 Å². The number of fused-ring (bicyclic) bond motifs is 1. The van der Waals surface area contributed by atoms with E-state index in [0.717, 1.165) is 30.7 Å². The molecule has 3 N–H and O–H groups in total. The minimum Gasteiger partial charge on any atom is -0.330 e. The lowest BCUT2D eigenvalue weighted by Gasteiger charge is -2.11. The molecule has 1 aromatic heterocycles. The molecule has 1 aliphatic carbocycles. The highest BCUT2D eigenvalue weighted by atomic mass is 16.1. The van der Waals surface area contributed by atoms with E-state index in [4.69, 9.17) is 5.73 Å². The van der Waals surface area contributed by atoms with Crippen LogP contribution >= 0.6 is 0 Å². The predicted octanol–water partition coefficient (Wildman–Crippen LogP) is 0.321. The molecule has 0 amide bonds. The average molecular weight is 193 g/mol. The summed E-state index contributed by atoms with van der Waals surface area (Å²) < 4.78 is 0. The van der Waals surface area contributed by atoms with Crippen molar-refractivity contribution in [1.82, 2.24) is 9.97 Å². The molecular formula is C10H15N3O. The first-order valence-corrected chi connectivity index (χ1v) is 5.04. The van der Waals surface area contributed by atoms with Gasteiger partial charge in [0.1, 0.15) is 0 Å². The van der Waals surface area contributed by atoms with Crippen molar-refractivity contribution < 1.29 is 0 Å². The van der Waals surface area contributed by atoms with Gasteiger partial charge in [-0.25, -0.2) is 4.79 Å². The van der Waals surface area contributed by atoms with Gasteiger partial charge in [0.25, 0.3) is 0 Å². The van der Waals surface area contributed by atoms with Gasteiger partial charge in [0.2, 0.25) is 0 Å². The first-order chi connectivity index (χ1) is 6.72. The highest BCUT2D eigenvalue weighted by Crippen LogP contribution is 2.25. The lowest BCUT2D eigenvalue weighted by Crippen LogP contribution is -2.21. The number of aromatic amines is 1. The van der Waals surface area contributed by atoms with Gasteiger partial charge < -0.3 is 10.7 Å². The molecule has 1 aromatic rings. The Balaban J connectivity index is 2.54. The Kier molecular flexibility index (Phi) is 2.37. The van der Waals surface area contributed by atoms with E-state index in [2.05, 4.69) is 9.97 Å². The Hall–Kier alpha value is -1.16. The summed E-state index contributed by atoms with van der Waals surface area (Å²) in [4.78, 5) is 18.1. The lowest BCUT2D eigenvalue weighted by atomic mass is 10.0. The second-order valence-electron chi connectivity index (χ2n) is 3.87. The molecule has 76 valence electrons. The second kappa shape index (κ2) is 3.53. The number of rotatable bonds is 2. The van der Waals surface area contributed by atoms with Crippen LogP contribution in [0.5, 0.6) is 0 Å². The van der Waals surface area contributed by atoms with Crippen LogP contribution in [0.15, 0.2) is 4.79 Å². The number of aromatic nitrogens is 2. The number of nitrogens with zero attached hydrogens (tertiary/aromatic N) is 1. The van der Waals surface area contributed by atoms with Crippen LogP contribution in [0.2, 0.25) is 0 Å². The molecule has 0 radical (unpaired) electrons. The Bertz CT molecular complexity index is 397. The second-order valence-corrected chi connectivity index (χ2v) is 3.87. The summed E-state index contributed by atoms with van der Waals surface area (Å²) in [6.45, 7) is 2.56. The normalized spacial score (nSPS) is 16.7. The van der Waals surface area contributed by atoms with E-state index in [-0.39, 0.29) is 11.6 Å². The maximum atomic E-state index is 11.3. The largest absolute Gasteiger partial charge is 0.345 e. The van der Waals surface area contributed by atoms with Crippen LogP contribution in [-0.2, 0) is 12.8 Å². The summed E-state index contributed by atoms with van der Waals surface area (Å²) in [6.07, 6.45) is 3.11. The van der Waals surface area contributed by atoms with Gasteiger partial charge in [-0.15, -0.1) is 0 Å². The Morgan fingerprint density at radius 3 is 3.07 bits per heavy atom.